The van der Waals surface area contributed by atoms with Gasteiger partial charge in [0.05, 0.1) is 18.5 Å². The standard InChI is InChI=1S/C18H22N4O3S/c1-12(13-2-3-15-16(10-13)25-9-8-24-15)21-4-6-22(7-5-21)18-20-14(11-26-18)17(19)23/h2-3,10-12H,4-9H2,1H3,(H2,19,23)/p+1. The first kappa shape index (κ1) is 17.1. The van der Waals surface area contributed by atoms with Crippen molar-refractivity contribution in [2.75, 3.05) is 44.3 Å². The van der Waals surface area contributed by atoms with Gasteiger partial charge in [-0.25, -0.2) is 9.88 Å². The third kappa shape index (κ3) is 3.34. The summed E-state index contributed by atoms with van der Waals surface area (Å²) in [5.41, 5.74) is 7.03. The normalized spacial score (nSPS) is 18.6. The molecule has 2 aromatic rings. The summed E-state index contributed by atoms with van der Waals surface area (Å²) < 4.78 is 11.3. The van der Waals surface area contributed by atoms with Gasteiger partial charge in [0.1, 0.15) is 13.2 Å². The fourth-order valence-corrected chi connectivity index (χ4v) is 4.31. The third-order valence-electron chi connectivity index (χ3n) is 4.99. The predicted octanol–water partition coefficient (Wildman–Crippen LogP) is 1.32. The second-order valence-electron chi connectivity index (χ2n) is 6.55. The molecule has 1 amide bonds. The van der Waals surface area contributed by atoms with Crippen LogP contribution in [0.5, 0.6) is 11.5 Å². The van der Waals surface area contributed by atoms with E-state index in [1.165, 1.54) is 16.9 Å². The number of nitrogens with two attached hydrogens (primary N) is 1. The van der Waals surface area contributed by atoms with E-state index in [4.69, 9.17) is 15.2 Å². The number of carbonyl (C=O) groups excluding carboxylic acids is 1. The number of thiazole rings is 1. The molecule has 138 valence electrons. The number of aromatic nitrogens is 1. The van der Waals surface area contributed by atoms with Gasteiger partial charge in [0.2, 0.25) is 5.69 Å². The van der Waals surface area contributed by atoms with E-state index in [-0.39, 0.29) is 0 Å². The van der Waals surface area contributed by atoms with Gasteiger partial charge in [-0.3, -0.25) is 9.69 Å². The molecule has 3 N–H and O–H groups in total. The second-order valence-corrected chi connectivity index (χ2v) is 7.40. The van der Waals surface area contributed by atoms with E-state index in [0.29, 0.717) is 24.9 Å². The summed E-state index contributed by atoms with van der Waals surface area (Å²) in [6, 6.07) is 6.53. The summed E-state index contributed by atoms with van der Waals surface area (Å²) in [5.74, 6) is 1.25. The highest BCUT2D eigenvalue weighted by Gasteiger charge is 2.29. The summed E-state index contributed by atoms with van der Waals surface area (Å²) in [6.07, 6.45) is 0. The summed E-state index contributed by atoms with van der Waals surface area (Å²) in [5, 5.41) is 2.77. The molecule has 0 radical (unpaired) electrons. The first-order valence-electron chi connectivity index (χ1n) is 8.81. The van der Waals surface area contributed by atoms with Gasteiger partial charge < -0.3 is 15.2 Å². The number of hydrogen-bond acceptors (Lipinski definition) is 6. The number of carbonyl (C=O) groups is 1. The van der Waals surface area contributed by atoms with Gasteiger partial charge in [0, 0.05) is 19.1 Å². The highest BCUT2D eigenvalue weighted by molar-refractivity contribution is 7.13. The maximum Gasteiger partial charge on any atom is 0.334 e. The predicted molar refractivity (Wildman–Crippen MR) is 99.0 cm³/mol. The number of rotatable bonds is 4. The Hall–Kier alpha value is -2.32. The smallest absolute Gasteiger partial charge is 0.334 e. The van der Waals surface area contributed by atoms with Crippen molar-refractivity contribution in [2.45, 2.75) is 13.0 Å². The number of benzene rings is 1. The molecule has 0 bridgehead atoms. The van der Waals surface area contributed by atoms with Crippen LogP contribution >= 0.6 is 11.3 Å². The van der Waals surface area contributed by atoms with Crippen molar-refractivity contribution in [1.82, 2.24) is 4.90 Å². The molecule has 1 unspecified atom stereocenters. The summed E-state index contributed by atoms with van der Waals surface area (Å²) in [7, 11) is 0. The SMILES string of the molecule is CC(c1ccc2c(c1)OCCO2)N1CCN(c2[nH+]c(C(N)=O)cs2)CC1. The van der Waals surface area contributed by atoms with Crippen molar-refractivity contribution in [2.24, 2.45) is 5.73 Å². The number of fused-ring (bicyclic) bond motifs is 1. The van der Waals surface area contributed by atoms with Crippen LogP contribution in [0.4, 0.5) is 5.13 Å². The van der Waals surface area contributed by atoms with Crippen LogP contribution in [0.2, 0.25) is 0 Å². The Kier molecular flexibility index (Phi) is 4.69. The molecule has 0 spiro atoms. The minimum Gasteiger partial charge on any atom is -0.486 e. The van der Waals surface area contributed by atoms with Crippen LogP contribution in [0, 0.1) is 0 Å². The number of primary amides is 1. The first-order chi connectivity index (χ1) is 12.6. The van der Waals surface area contributed by atoms with Crippen LogP contribution in [-0.2, 0) is 0 Å². The van der Waals surface area contributed by atoms with Crippen molar-refractivity contribution in [3.63, 3.8) is 0 Å². The van der Waals surface area contributed by atoms with Crippen molar-refractivity contribution in [3.8, 4) is 11.5 Å². The minimum atomic E-state index is -0.418. The highest BCUT2D eigenvalue weighted by atomic mass is 32.1. The topological polar surface area (TPSA) is 82.2 Å². The Labute approximate surface area is 156 Å². The Morgan fingerprint density at radius 3 is 2.62 bits per heavy atom. The molecule has 7 nitrogen and oxygen atoms in total. The lowest BCUT2D eigenvalue weighted by Gasteiger charge is -2.35. The number of piperazine rings is 1. The molecule has 2 aliphatic rings. The molecule has 4 rings (SSSR count). The minimum absolute atomic E-state index is 0.307. The van der Waals surface area contributed by atoms with E-state index in [2.05, 4.69) is 33.8 Å². The lowest BCUT2D eigenvalue weighted by molar-refractivity contribution is -0.361. The molecule has 1 atom stereocenters. The van der Waals surface area contributed by atoms with Gasteiger partial charge in [0.25, 0.3) is 5.91 Å². The number of nitrogens with zero attached hydrogens (tertiary/aromatic N) is 2. The van der Waals surface area contributed by atoms with Crippen molar-refractivity contribution >= 4 is 22.4 Å². The molecule has 8 heteroatoms. The summed E-state index contributed by atoms with van der Waals surface area (Å²) in [6.45, 7) is 7.16. The van der Waals surface area contributed by atoms with E-state index in [9.17, 15) is 4.79 Å². The van der Waals surface area contributed by atoms with Gasteiger partial charge in [-0.15, -0.1) is 0 Å². The zero-order chi connectivity index (χ0) is 18.1. The number of aromatic amines is 1. The number of hydrogen-bond donors (Lipinski definition) is 1. The Bertz CT molecular complexity index is 801. The Morgan fingerprint density at radius 2 is 1.92 bits per heavy atom. The monoisotopic (exact) mass is 375 g/mol. The van der Waals surface area contributed by atoms with Crippen LogP contribution in [-0.4, -0.2) is 50.2 Å². The molecule has 26 heavy (non-hydrogen) atoms. The van der Waals surface area contributed by atoms with Crippen LogP contribution in [0.3, 0.4) is 0 Å². The number of anilines is 1. The lowest BCUT2D eigenvalue weighted by Crippen LogP contribution is -2.48. The Morgan fingerprint density at radius 1 is 1.19 bits per heavy atom. The Balaban J connectivity index is 1.40. The number of nitrogens with one attached hydrogen (secondary N) is 1. The molecule has 2 aliphatic heterocycles. The molecule has 1 aromatic heterocycles. The third-order valence-corrected chi connectivity index (χ3v) is 5.93. The van der Waals surface area contributed by atoms with E-state index in [0.717, 1.165) is 42.8 Å². The second kappa shape index (κ2) is 7.13. The van der Waals surface area contributed by atoms with E-state index in [1.807, 2.05) is 6.07 Å². The van der Waals surface area contributed by atoms with Crippen LogP contribution in [0.25, 0.3) is 0 Å². The first-order valence-corrected chi connectivity index (χ1v) is 9.69. The number of amides is 1. The average Bonchev–Trinajstić information content (AvgIpc) is 3.18. The van der Waals surface area contributed by atoms with E-state index in [1.54, 1.807) is 5.38 Å². The zero-order valence-corrected chi connectivity index (χ0v) is 15.6. The van der Waals surface area contributed by atoms with Gasteiger partial charge in [-0.1, -0.05) is 17.4 Å². The highest BCUT2D eigenvalue weighted by Crippen LogP contribution is 2.34. The molecule has 1 fully saturated rings. The van der Waals surface area contributed by atoms with E-state index >= 15 is 0 Å². The lowest BCUT2D eigenvalue weighted by atomic mass is 10.1. The molecular weight excluding hydrogens is 352 g/mol. The molecule has 1 aromatic carbocycles. The molecule has 3 heterocycles. The summed E-state index contributed by atoms with van der Waals surface area (Å²) >= 11 is 1.53. The van der Waals surface area contributed by atoms with Crippen LogP contribution < -0.4 is 25.1 Å². The van der Waals surface area contributed by atoms with Gasteiger partial charge in [-0.05, 0) is 24.6 Å². The fraction of sp³-hybridized carbons (Fsp3) is 0.444. The maximum absolute atomic E-state index is 11.2. The quantitative estimate of drug-likeness (QED) is 0.871. The molecule has 0 aliphatic carbocycles. The summed E-state index contributed by atoms with van der Waals surface area (Å²) in [4.78, 5) is 19.1. The van der Waals surface area contributed by atoms with Gasteiger partial charge in [0.15, 0.2) is 11.5 Å². The van der Waals surface area contributed by atoms with Crippen molar-refractivity contribution in [3.05, 3.63) is 34.8 Å². The van der Waals surface area contributed by atoms with E-state index < -0.39 is 5.91 Å². The van der Waals surface area contributed by atoms with Crippen molar-refractivity contribution in [1.29, 1.82) is 0 Å². The number of H-pyrrole nitrogens is 1. The zero-order valence-electron chi connectivity index (χ0n) is 14.7. The molecule has 1 saturated heterocycles. The molecular formula is C18H23N4O3S+. The molecule has 0 saturated carbocycles. The largest absolute Gasteiger partial charge is 0.486 e. The van der Waals surface area contributed by atoms with Crippen LogP contribution in [0.1, 0.15) is 29.0 Å². The average molecular weight is 375 g/mol. The van der Waals surface area contributed by atoms with Crippen molar-refractivity contribution < 1.29 is 19.3 Å². The number of ether oxygens (including phenoxy) is 2. The van der Waals surface area contributed by atoms with Crippen LogP contribution in [0.15, 0.2) is 23.6 Å². The van der Waals surface area contributed by atoms with Gasteiger partial charge >= 0.3 is 5.13 Å². The van der Waals surface area contributed by atoms with Gasteiger partial charge in [-0.2, -0.15) is 0 Å². The fourth-order valence-electron chi connectivity index (χ4n) is 3.41. The maximum atomic E-state index is 11.2.